The van der Waals surface area contributed by atoms with Gasteiger partial charge in [0.05, 0.1) is 0 Å². The van der Waals surface area contributed by atoms with Gasteiger partial charge in [-0.15, -0.1) is 0 Å². The van der Waals surface area contributed by atoms with Crippen LogP contribution in [0.4, 0.5) is 8.78 Å². The quantitative estimate of drug-likeness (QED) is 0.647. The number of halogens is 2. The van der Waals surface area contributed by atoms with E-state index in [1.807, 2.05) is 0 Å². The Morgan fingerprint density at radius 3 is 2.58 bits per heavy atom. The molecule has 0 aliphatic carbocycles. The SMILES string of the molecule is [O]CC=Cc1ccc(F)c(F)c1. The molecule has 0 aliphatic rings. The Morgan fingerprint density at radius 1 is 1.25 bits per heavy atom. The molecule has 12 heavy (non-hydrogen) atoms. The van der Waals surface area contributed by atoms with E-state index in [0.717, 1.165) is 12.1 Å². The first kappa shape index (κ1) is 8.87. The lowest BCUT2D eigenvalue weighted by molar-refractivity contribution is 0.233. The molecule has 0 aliphatic heterocycles. The molecule has 0 N–H and O–H groups in total. The third-order valence-electron chi connectivity index (χ3n) is 1.35. The summed E-state index contributed by atoms with van der Waals surface area (Å²) in [5, 5.41) is 10.0. The highest BCUT2D eigenvalue weighted by Crippen LogP contribution is 2.09. The third kappa shape index (κ3) is 2.13. The van der Waals surface area contributed by atoms with Gasteiger partial charge in [-0.3, -0.25) is 0 Å². The zero-order valence-electron chi connectivity index (χ0n) is 6.26. The number of rotatable bonds is 2. The topological polar surface area (TPSA) is 19.9 Å². The first-order chi connectivity index (χ1) is 5.74. The van der Waals surface area contributed by atoms with Crippen LogP contribution in [-0.4, -0.2) is 6.61 Å². The summed E-state index contributed by atoms with van der Waals surface area (Å²) in [5.41, 5.74) is 0.491. The predicted molar refractivity (Wildman–Crippen MR) is 40.9 cm³/mol. The van der Waals surface area contributed by atoms with Crippen molar-refractivity contribution in [3.63, 3.8) is 0 Å². The molecule has 0 unspecified atom stereocenters. The molecular weight excluding hydrogens is 162 g/mol. The van der Waals surface area contributed by atoms with Gasteiger partial charge >= 0.3 is 0 Å². The Bertz CT molecular complexity index is 295. The van der Waals surface area contributed by atoms with E-state index in [1.54, 1.807) is 0 Å². The first-order valence-corrected chi connectivity index (χ1v) is 3.43. The van der Waals surface area contributed by atoms with Crippen molar-refractivity contribution in [2.45, 2.75) is 0 Å². The van der Waals surface area contributed by atoms with Gasteiger partial charge in [0.25, 0.3) is 0 Å². The molecule has 0 saturated carbocycles. The molecule has 0 aromatic heterocycles. The second-order valence-electron chi connectivity index (χ2n) is 2.24. The largest absolute Gasteiger partial charge is 0.232 e. The van der Waals surface area contributed by atoms with E-state index in [2.05, 4.69) is 0 Å². The van der Waals surface area contributed by atoms with Crippen LogP contribution in [0.1, 0.15) is 5.56 Å². The van der Waals surface area contributed by atoms with E-state index in [-0.39, 0.29) is 6.61 Å². The lowest BCUT2D eigenvalue weighted by atomic mass is 10.2. The van der Waals surface area contributed by atoms with Gasteiger partial charge in [0.15, 0.2) is 11.6 Å². The molecule has 1 rings (SSSR count). The van der Waals surface area contributed by atoms with Crippen molar-refractivity contribution >= 4 is 6.08 Å². The lowest BCUT2D eigenvalue weighted by Crippen LogP contribution is -1.83. The van der Waals surface area contributed by atoms with Crippen LogP contribution < -0.4 is 0 Å². The molecular formula is C9H7F2O. The van der Waals surface area contributed by atoms with E-state index >= 15 is 0 Å². The van der Waals surface area contributed by atoms with Gasteiger partial charge in [0.2, 0.25) is 0 Å². The Morgan fingerprint density at radius 2 is 2.00 bits per heavy atom. The van der Waals surface area contributed by atoms with Gasteiger partial charge < -0.3 is 0 Å². The fourth-order valence-corrected chi connectivity index (χ4v) is 0.800. The zero-order valence-corrected chi connectivity index (χ0v) is 6.26. The van der Waals surface area contributed by atoms with Crippen molar-refractivity contribution in [1.82, 2.24) is 0 Å². The zero-order chi connectivity index (χ0) is 8.97. The van der Waals surface area contributed by atoms with Crippen LogP contribution >= 0.6 is 0 Å². The molecule has 0 amide bonds. The van der Waals surface area contributed by atoms with Crippen molar-refractivity contribution in [2.75, 3.05) is 6.61 Å². The van der Waals surface area contributed by atoms with E-state index in [9.17, 15) is 13.9 Å². The molecule has 0 saturated heterocycles. The highest BCUT2D eigenvalue weighted by molar-refractivity contribution is 5.49. The summed E-state index contributed by atoms with van der Waals surface area (Å²) < 4.78 is 24.9. The van der Waals surface area contributed by atoms with E-state index in [0.29, 0.717) is 5.56 Å². The molecule has 0 fully saturated rings. The highest BCUT2D eigenvalue weighted by Gasteiger charge is 1.99. The summed E-state index contributed by atoms with van der Waals surface area (Å²) in [5.74, 6) is -1.78. The van der Waals surface area contributed by atoms with Crippen LogP contribution in [-0.2, 0) is 5.11 Å². The Hall–Kier alpha value is -1.22. The summed E-state index contributed by atoms with van der Waals surface area (Å²) in [4.78, 5) is 0. The van der Waals surface area contributed by atoms with Crippen LogP contribution in [0.15, 0.2) is 24.3 Å². The highest BCUT2D eigenvalue weighted by atomic mass is 19.2. The fourth-order valence-electron chi connectivity index (χ4n) is 0.800. The average Bonchev–Trinajstić information content (AvgIpc) is 2.07. The molecule has 0 bridgehead atoms. The van der Waals surface area contributed by atoms with Gasteiger partial charge in [-0.05, 0) is 17.7 Å². The van der Waals surface area contributed by atoms with E-state index in [1.165, 1.54) is 18.2 Å². The molecule has 1 radical (unpaired) electrons. The van der Waals surface area contributed by atoms with Crippen LogP contribution in [0.25, 0.3) is 6.08 Å². The van der Waals surface area contributed by atoms with Crippen LogP contribution in [0.5, 0.6) is 0 Å². The maximum absolute atomic E-state index is 12.5. The van der Waals surface area contributed by atoms with Crippen molar-refractivity contribution in [3.05, 3.63) is 41.5 Å². The maximum Gasteiger partial charge on any atom is 0.159 e. The minimum atomic E-state index is -0.900. The Balaban J connectivity index is 2.89. The number of hydrogen-bond acceptors (Lipinski definition) is 0. The maximum atomic E-state index is 12.5. The summed E-state index contributed by atoms with van der Waals surface area (Å²) >= 11 is 0. The van der Waals surface area contributed by atoms with Gasteiger partial charge in [-0.2, -0.15) is 0 Å². The summed E-state index contributed by atoms with van der Waals surface area (Å²) in [6.07, 6.45) is 2.79. The molecule has 3 heteroatoms. The summed E-state index contributed by atoms with van der Waals surface area (Å²) in [6.45, 7) is -0.362. The molecule has 1 nitrogen and oxygen atoms in total. The minimum Gasteiger partial charge on any atom is -0.232 e. The molecule has 1 aromatic carbocycles. The van der Waals surface area contributed by atoms with Crippen LogP contribution in [0.2, 0.25) is 0 Å². The van der Waals surface area contributed by atoms with Crippen molar-refractivity contribution in [1.29, 1.82) is 0 Å². The number of benzene rings is 1. The van der Waals surface area contributed by atoms with Gasteiger partial charge in [-0.1, -0.05) is 18.2 Å². The van der Waals surface area contributed by atoms with Crippen molar-refractivity contribution in [2.24, 2.45) is 0 Å². The molecule has 1 aromatic rings. The minimum absolute atomic E-state index is 0.362. The van der Waals surface area contributed by atoms with Crippen LogP contribution in [0.3, 0.4) is 0 Å². The second-order valence-corrected chi connectivity index (χ2v) is 2.24. The Kier molecular flexibility index (Phi) is 2.94. The molecule has 0 heterocycles. The van der Waals surface area contributed by atoms with E-state index in [4.69, 9.17) is 0 Å². The predicted octanol–water partition coefficient (Wildman–Crippen LogP) is 2.41. The monoisotopic (exact) mass is 169 g/mol. The first-order valence-electron chi connectivity index (χ1n) is 3.43. The molecule has 0 spiro atoms. The van der Waals surface area contributed by atoms with Crippen molar-refractivity contribution < 1.29 is 13.9 Å². The summed E-state index contributed by atoms with van der Waals surface area (Å²) in [7, 11) is 0. The van der Waals surface area contributed by atoms with Gasteiger partial charge in [0, 0.05) is 0 Å². The lowest BCUT2D eigenvalue weighted by Gasteiger charge is -1.94. The summed E-state index contributed by atoms with van der Waals surface area (Å²) in [6, 6.07) is 3.48. The normalized spacial score (nSPS) is 10.9. The van der Waals surface area contributed by atoms with Crippen molar-refractivity contribution in [3.8, 4) is 0 Å². The van der Waals surface area contributed by atoms with E-state index < -0.39 is 11.6 Å². The van der Waals surface area contributed by atoms with Gasteiger partial charge in [0.1, 0.15) is 6.61 Å². The molecule has 0 atom stereocenters. The van der Waals surface area contributed by atoms with Crippen LogP contribution in [0, 0.1) is 11.6 Å². The Labute approximate surface area is 69.0 Å². The third-order valence-corrected chi connectivity index (χ3v) is 1.35. The smallest absolute Gasteiger partial charge is 0.159 e. The van der Waals surface area contributed by atoms with Gasteiger partial charge in [-0.25, -0.2) is 13.9 Å². The fraction of sp³-hybridized carbons (Fsp3) is 0.111. The average molecular weight is 169 g/mol. The molecule has 63 valence electrons. The second kappa shape index (κ2) is 3.97. The number of hydrogen-bond donors (Lipinski definition) is 0. The standard InChI is InChI=1S/C9H7F2O/c10-8-4-3-7(2-1-5-12)6-9(8)11/h1-4,6H,5H2.